The maximum atomic E-state index is 2.43. The Morgan fingerprint density at radius 1 is 0.212 bits per heavy atom. The number of hydrogen-bond donors (Lipinski definition) is 0. The van der Waals surface area contributed by atoms with Crippen LogP contribution >= 0.6 is 0 Å². The third-order valence-electron chi connectivity index (χ3n) is 13.6. The van der Waals surface area contributed by atoms with Crippen molar-refractivity contribution in [3.05, 3.63) is 168 Å². The van der Waals surface area contributed by atoms with E-state index >= 15 is 0 Å². The maximum absolute atomic E-state index is 2.43. The Bertz CT molecular complexity index is 2000. The summed E-state index contributed by atoms with van der Waals surface area (Å²) >= 11 is 0. The van der Waals surface area contributed by atoms with Gasteiger partial charge in [0.15, 0.2) is 0 Å². The molecule has 0 atom stereocenters. The fourth-order valence-corrected chi connectivity index (χ4v) is 9.48. The van der Waals surface area contributed by atoms with Gasteiger partial charge in [0.2, 0.25) is 0 Å². The van der Waals surface area contributed by atoms with Gasteiger partial charge in [0.05, 0.1) is 0 Å². The van der Waals surface area contributed by atoms with E-state index < -0.39 is 0 Å². The molecule has 350 valence electrons. The van der Waals surface area contributed by atoms with Gasteiger partial charge in [0.1, 0.15) is 0 Å². The van der Waals surface area contributed by atoms with E-state index in [4.69, 9.17) is 0 Å². The molecule has 0 amide bonds. The standard InChI is InChI=1S/C64H84N2/c1-5-9-13-17-19-23-27-55-33-45-61(46-34-55)65(59-41-29-53(30-42-59)25-21-15-11-7-3)63-49-37-57(38-50-63)58-39-51-64(52-40-58)66(60-43-31-54(32-44-60)26-22-16-12-8-4)62-47-35-56(36-48-62)28-24-20-18-14-10-6-2/h29-52H,5-28H2,1-4H3. The van der Waals surface area contributed by atoms with Crippen LogP contribution in [-0.4, -0.2) is 0 Å². The third kappa shape index (κ3) is 16.1. The van der Waals surface area contributed by atoms with Crippen molar-refractivity contribution in [3.8, 4) is 11.1 Å². The molecule has 0 aliphatic heterocycles. The quantitative estimate of drug-likeness (QED) is 0.0402. The zero-order chi connectivity index (χ0) is 46.0. The number of aryl methyl sites for hydroxylation is 4. The molecule has 0 aliphatic carbocycles. The van der Waals surface area contributed by atoms with Gasteiger partial charge in [-0.2, -0.15) is 0 Å². The van der Waals surface area contributed by atoms with E-state index in [1.165, 1.54) is 196 Å². The Hall–Kier alpha value is -5.08. The van der Waals surface area contributed by atoms with Crippen LogP contribution in [0.25, 0.3) is 11.1 Å². The molecule has 0 aliphatic rings. The Balaban J connectivity index is 1.21. The van der Waals surface area contributed by atoms with Crippen molar-refractivity contribution in [2.24, 2.45) is 0 Å². The van der Waals surface area contributed by atoms with E-state index in [0.717, 1.165) is 25.7 Å². The molecule has 2 nitrogen and oxygen atoms in total. The number of nitrogens with zero attached hydrogens (tertiary/aromatic N) is 2. The average Bonchev–Trinajstić information content (AvgIpc) is 3.36. The molecule has 6 aromatic rings. The molecule has 0 spiro atoms. The van der Waals surface area contributed by atoms with Crippen LogP contribution < -0.4 is 9.80 Å². The summed E-state index contributed by atoms with van der Waals surface area (Å²) in [6.45, 7) is 9.16. The molecule has 2 heteroatoms. The molecule has 0 fully saturated rings. The summed E-state index contributed by atoms with van der Waals surface area (Å²) < 4.78 is 0. The normalized spacial score (nSPS) is 11.3. The fraction of sp³-hybridized carbons (Fsp3) is 0.438. The van der Waals surface area contributed by atoms with Crippen LogP contribution in [0.3, 0.4) is 0 Å². The van der Waals surface area contributed by atoms with Crippen molar-refractivity contribution in [2.45, 2.75) is 182 Å². The Morgan fingerprint density at radius 2 is 0.394 bits per heavy atom. The van der Waals surface area contributed by atoms with Gasteiger partial charge in [-0.1, -0.05) is 203 Å². The lowest BCUT2D eigenvalue weighted by atomic mass is 10.0. The topological polar surface area (TPSA) is 6.48 Å². The molecule has 0 bridgehead atoms. The average molecular weight is 881 g/mol. The second-order valence-electron chi connectivity index (χ2n) is 19.1. The molecule has 0 saturated carbocycles. The highest BCUT2D eigenvalue weighted by Gasteiger charge is 2.16. The molecular weight excluding hydrogens is 797 g/mol. The van der Waals surface area contributed by atoms with Crippen LogP contribution in [0.1, 0.15) is 178 Å². The van der Waals surface area contributed by atoms with E-state index in [0.29, 0.717) is 0 Å². The SMILES string of the molecule is CCCCCCCCc1ccc(N(c2ccc(CCCCCC)cc2)c2ccc(-c3ccc(N(c4ccc(CCCCCC)cc4)c4ccc(CCCCCCCC)cc4)cc3)cc2)cc1. The number of rotatable bonds is 31. The van der Waals surface area contributed by atoms with Gasteiger partial charge in [-0.05, 0) is 158 Å². The van der Waals surface area contributed by atoms with Crippen molar-refractivity contribution in [3.63, 3.8) is 0 Å². The molecular formula is C64H84N2. The minimum atomic E-state index is 1.15. The lowest BCUT2D eigenvalue weighted by Gasteiger charge is -2.27. The first kappa shape index (κ1) is 50.3. The lowest BCUT2D eigenvalue weighted by molar-refractivity contribution is 0.607. The highest BCUT2D eigenvalue weighted by molar-refractivity contribution is 5.81. The maximum Gasteiger partial charge on any atom is 0.0462 e. The highest BCUT2D eigenvalue weighted by atomic mass is 15.1. The largest absolute Gasteiger partial charge is 0.311 e. The summed E-state index contributed by atoms with van der Waals surface area (Å²) in [4.78, 5) is 4.85. The van der Waals surface area contributed by atoms with Crippen LogP contribution in [0.4, 0.5) is 34.1 Å². The zero-order valence-corrected chi connectivity index (χ0v) is 41.7. The minimum absolute atomic E-state index is 1.15. The van der Waals surface area contributed by atoms with Gasteiger partial charge in [0.25, 0.3) is 0 Å². The van der Waals surface area contributed by atoms with E-state index in [9.17, 15) is 0 Å². The van der Waals surface area contributed by atoms with Crippen LogP contribution in [0, 0.1) is 0 Å². The van der Waals surface area contributed by atoms with Crippen molar-refractivity contribution in [1.29, 1.82) is 0 Å². The first-order chi connectivity index (χ1) is 32.6. The second kappa shape index (κ2) is 28.8. The van der Waals surface area contributed by atoms with Crippen molar-refractivity contribution < 1.29 is 0 Å². The molecule has 0 N–H and O–H groups in total. The van der Waals surface area contributed by atoms with E-state index in [1.807, 2.05) is 0 Å². The molecule has 0 saturated heterocycles. The van der Waals surface area contributed by atoms with Gasteiger partial charge in [-0.15, -0.1) is 0 Å². The minimum Gasteiger partial charge on any atom is -0.311 e. The van der Waals surface area contributed by atoms with E-state index in [1.54, 1.807) is 0 Å². The molecule has 0 radical (unpaired) electrons. The smallest absolute Gasteiger partial charge is 0.0462 e. The predicted molar refractivity (Wildman–Crippen MR) is 291 cm³/mol. The van der Waals surface area contributed by atoms with Crippen molar-refractivity contribution in [2.75, 3.05) is 9.80 Å². The van der Waals surface area contributed by atoms with Crippen LogP contribution in [-0.2, 0) is 25.7 Å². The first-order valence-corrected chi connectivity index (χ1v) is 26.8. The molecule has 6 rings (SSSR count). The Labute approximate surface area is 402 Å². The van der Waals surface area contributed by atoms with Crippen LogP contribution in [0.5, 0.6) is 0 Å². The van der Waals surface area contributed by atoms with Crippen LogP contribution in [0.2, 0.25) is 0 Å². The van der Waals surface area contributed by atoms with Crippen molar-refractivity contribution in [1.82, 2.24) is 0 Å². The number of unbranched alkanes of at least 4 members (excludes halogenated alkanes) is 16. The molecule has 0 unspecified atom stereocenters. The molecule has 0 aromatic heterocycles. The number of anilines is 6. The van der Waals surface area contributed by atoms with Gasteiger partial charge in [-0.25, -0.2) is 0 Å². The molecule has 66 heavy (non-hydrogen) atoms. The van der Waals surface area contributed by atoms with Gasteiger partial charge in [0, 0.05) is 34.1 Å². The molecule has 0 heterocycles. The highest BCUT2D eigenvalue weighted by Crippen LogP contribution is 2.39. The number of hydrogen-bond acceptors (Lipinski definition) is 2. The zero-order valence-electron chi connectivity index (χ0n) is 41.7. The summed E-state index contributed by atoms with van der Waals surface area (Å²) in [5, 5.41) is 0. The summed E-state index contributed by atoms with van der Waals surface area (Å²) in [5.41, 5.74) is 15.3. The summed E-state index contributed by atoms with van der Waals surface area (Å²) in [7, 11) is 0. The van der Waals surface area contributed by atoms with Crippen molar-refractivity contribution >= 4 is 34.1 Å². The summed E-state index contributed by atoms with van der Waals surface area (Å²) in [6.07, 6.45) is 30.9. The fourth-order valence-electron chi connectivity index (χ4n) is 9.48. The second-order valence-corrected chi connectivity index (χ2v) is 19.1. The summed E-state index contributed by atoms with van der Waals surface area (Å²) in [5.74, 6) is 0. The summed E-state index contributed by atoms with van der Waals surface area (Å²) in [6, 6.07) is 55.8. The lowest BCUT2D eigenvalue weighted by Crippen LogP contribution is -2.10. The third-order valence-corrected chi connectivity index (χ3v) is 13.6. The number of benzene rings is 6. The van der Waals surface area contributed by atoms with E-state index in [2.05, 4.69) is 183 Å². The van der Waals surface area contributed by atoms with Gasteiger partial charge in [-0.3, -0.25) is 0 Å². The Kier molecular flexibility index (Phi) is 22.0. The van der Waals surface area contributed by atoms with Crippen LogP contribution in [0.15, 0.2) is 146 Å². The van der Waals surface area contributed by atoms with Gasteiger partial charge >= 0.3 is 0 Å². The predicted octanol–water partition coefficient (Wildman–Crippen LogP) is 20.3. The first-order valence-electron chi connectivity index (χ1n) is 26.8. The van der Waals surface area contributed by atoms with Gasteiger partial charge < -0.3 is 9.80 Å². The molecule has 6 aromatic carbocycles. The Morgan fingerprint density at radius 3 is 0.621 bits per heavy atom. The monoisotopic (exact) mass is 881 g/mol. The van der Waals surface area contributed by atoms with E-state index in [-0.39, 0.29) is 0 Å².